The van der Waals surface area contributed by atoms with Crippen molar-refractivity contribution in [2.75, 3.05) is 20.7 Å². The fraction of sp³-hybridized carbons (Fsp3) is 0.346. The molecule has 8 heteroatoms. The number of nitrogens with zero attached hydrogens (tertiary/aromatic N) is 2. The summed E-state index contributed by atoms with van der Waals surface area (Å²) in [6.07, 6.45) is 1.42. The Morgan fingerprint density at radius 2 is 1.85 bits per heavy atom. The Hall–Kier alpha value is -3.68. The van der Waals surface area contributed by atoms with E-state index in [0.29, 0.717) is 24.3 Å². The second-order valence-electron chi connectivity index (χ2n) is 8.54. The summed E-state index contributed by atoms with van der Waals surface area (Å²) in [5, 5.41) is 10.2. The van der Waals surface area contributed by atoms with Gasteiger partial charge in [-0.1, -0.05) is 26.0 Å². The van der Waals surface area contributed by atoms with E-state index in [1.807, 2.05) is 19.9 Å². The van der Waals surface area contributed by atoms with Crippen LogP contribution in [0.3, 0.4) is 0 Å². The predicted molar refractivity (Wildman–Crippen MR) is 129 cm³/mol. The van der Waals surface area contributed by atoms with Gasteiger partial charge in [0.1, 0.15) is 17.6 Å². The van der Waals surface area contributed by atoms with E-state index in [1.54, 1.807) is 48.3 Å². The van der Waals surface area contributed by atoms with Crippen LogP contribution in [0.5, 0.6) is 5.75 Å². The van der Waals surface area contributed by atoms with Crippen LogP contribution in [0.4, 0.5) is 4.39 Å². The maximum absolute atomic E-state index is 13.1. The van der Waals surface area contributed by atoms with Crippen LogP contribution >= 0.6 is 0 Å². The first-order valence-electron chi connectivity index (χ1n) is 11.3. The van der Waals surface area contributed by atoms with Gasteiger partial charge in [0, 0.05) is 24.8 Å². The first kappa shape index (κ1) is 25.0. The molecular formula is C26H31FN4O3. The van der Waals surface area contributed by atoms with Gasteiger partial charge in [-0.15, -0.1) is 0 Å². The topological polar surface area (TPSA) is 87.3 Å². The van der Waals surface area contributed by atoms with Gasteiger partial charge < -0.3 is 15.0 Å². The first-order chi connectivity index (χ1) is 16.3. The summed E-state index contributed by atoms with van der Waals surface area (Å²) >= 11 is 0. The normalized spacial score (nSPS) is 11.8. The Bertz CT molecular complexity index is 1110. The SMILES string of the molecule is COc1ccccc1C(=O)NC(C(=O)N(C)CCCc1cc(-c2ccc(F)cc2)n[nH]1)C(C)C. The van der Waals surface area contributed by atoms with Crippen LogP contribution in [0.15, 0.2) is 54.6 Å². The molecular weight excluding hydrogens is 435 g/mol. The molecule has 1 aromatic heterocycles. The fourth-order valence-corrected chi connectivity index (χ4v) is 3.68. The second kappa shape index (κ2) is 11.4. The van der Waals surface area contributed by atoms with E-state index < -0.39 is 6.04 Å². The van der Waals surface area contributed by atoms with E-state index in [2.05, 4.69) is 15.5 Å². The average Bonchev–Trinajstić information content (AvgIpc) is 3.31. The van der Waals surface area contributed by atoms with Gasteiger partial charge in [0.05, 0.1) is 18.4 Å². The Morgan fingerprint density at radius 1 is 1.15 bits per heavy atom. The Morgan fingerprint density at radius 3 is 2.53 bits per heavy atom. The highest BCUT2D eigenvalue weighted by Crippen LogP contribution is 2.20. The van der Waals surface area contributed by atoms with Crippen molar-refractivity contribution in [2.24, 2.45) is 5.92 Å². The summed E-state index contributed by atoms with van der Waals surface area (Å²) < 4.78 is 18.4. The van der Waals surface area contributed by atoms with Crippen molar-refractivity contribution in [1.29, 1.82) is 0 Å². The van der Waals surface area contributed by atoms with E-state index in [9.17, 15) is 14.0 Å². The molecule has 0 aliphatic rings. The zero-order valence-corrected chi connectivity index (χ0v) is 20.0. The van der Waals surface area contributed by atoms with E-state index in [-0.39, 0.29) is 23.5 Å². The molecule has 2 aromatic carbocycles. The molecule has 0 bridgehead atoms. The van der Waals surface area contributed by atoms with Crippen LogP contribution in [0, 0.1) is 11.7 Å². The van der Waals surface area contributed by atoms with Crippen LogP contribution in [-0.4, -0.2) is 53.7 Å². The molecule has 1 heterocycles. The Balaban J connectivity index is 1.56. The molecule has 0 fully saturated rings. The summed E-state index contributed by atoms with van der Waals surface area (Å²) in [6, 6.07) is 14.4. The lowest BCUT2D eigenvalue weighted by atomic mass is 10.0. The van der Waals surface area contributed by atoms with Gasteiger partial charge in [-0.25, -0.2) is 4.39 Å². The van der Waals surface area contributed by atoms with Crippen LogP contribution < -0.4 is 10.1 Å². The molecule has 3 rings (SSSR count). The number of likely N-dealkylation sites (N-methyl/N-ethyl adjacent to an activating group) is 1. The quantitative estimate of drug-likeness (QED) is 0.472. The minimum absolute atomic E-state index is 0.0838. The number of para-hydroxylation sites is 1. The maximum Gasteiger partial charge on any atom is 0.255 e. The number of hydrogen-bond donors (Lipinski definition) is 2. The molecule has 34 heavy (non-hydrogen) atoms. The Labute approximate surface area is 199 Å². The summed E-state index contributed by atoms with van der Waals surface area (Å²) in [5.41, 5.74) is 2.91. The lowest BCUT2D eigenvalue weighted by molar-refractivity contribution is -0.133. The second-order valence-corrected chi connectivity index (χ2v) is 8.54. The van der Waals surface area contributed by atoms with Gasteiger partial charge in [-0.2, -0.15) is 5.10 Å². The van der Waals surface area contributed by atoms with E-state index in [4.69, 9.17) is 4.74 Å². The van der Waals surface area contributed by atoms with E-state index in [0.717, 1.165) is 23.4 Å². The lowest BCUT2D eigenvalue weighted by Gasteiger charge is -2.27. The van der Waals surface area contributed by atoms with Crippen LogP contribution in [0.1, 0.15) is 36.3 Å². The number of ether oxygens (including phenoxy) is 1. The molecule has 1 unspecified atom stereocenters. The van der Waals surface area contributed by atoms with Crippen LogP contribution in [0.2, 0.25) is 0 Å². The highest BCUT2D eigenvalue weighted by Gasteiger charge is 2.28. The van der Waals surface area contributed by atoms with Crippen molar-refractivity contribution in [1.82, 2.24) is 20.4 Å². The number of amides is 2. The third kappa shape index (κ3) is 6.21. The molecule has 0 saturated carbocycles. The minimum Gasteiger partial charge on any atom is -0.496 e. The number of carbonyl (C=O) groups is 2. The van der Waals surface area contributed by atoms with Gasteiger partial charge in [0.25, 0.3) is 5.91 Å². The number of aromatic nitrogens is 2. The van der Waals surface area contributed by atoms with E-state index >= 15 is 0 Å². The van der Waals surface area contributed by atoms with Crippen molar-refractivity contribution >= 4 is 11.8 Å². The average molecular weight is 467 g/mol. The molecule has 3 aromatic rings. The number of rotatable bonds is 10. The first-order valence-corrected chi connectivity index (χ1v) is 11.3. The van der Waals surface area contributed by atoms with Gasteiger partial charge in [-0.05, 0) is 61.2 Å². The van der Waals surface area contributed by atoms with Crippen molar-refractivity contribution in [3.63, 3.8) is 0 Å². The fourth-order valence-electron chi connectivity index (χ4n) is 3.68. The molecule has 2 amide bonds. The maximum atomic E-state index is 13.1. The van der Waals surface area contributed by atoms with Gasteiger partial charge in [-0.3, -0.25) is 14.7 Å². The smallest absolute Gasteiger partial charge is 0.255 e. The molecule has 180 valence electrons. The number of benzene rings is 2. The van der Waals surface area contributed by atoms with Crippen molar-refractivity contribution in [3.8, 4) is 17.0 Å². The molecule has 0 spiro atoms. The number of carbonyl (C=O) groups excluding carboxylic acids is 2. The van der Waals surface area contributed by atoms with Gasteiger partial charge in [0.2, 0.25) is 5.91 Å². The lowest BCUT2D eigenvalue weighted by Crippen LogP contribution is -2.50. The van der Waals surface area contributed by atoms with Gasteiger partial charge in [0.15, 0.2) is 0 Å². The highest BCUT2D eigenvalue weighted by atomic mass is 19.1. The summed E-state index contributed by atoms with van der Waals surface area (Å²) in [5.74, 6) is -0.396. The predicted octanol–water partition coefficient (Wildman–Crippen LogP) is 4.07. The minimum atomic E-state index is -0.653. The van der Waals surface area contributed by atoms with Crippen molar-refractivity contribution < 1.29 is 18.7 Å². The van der Waals surface area contributed by atoms with E-state index in [1.165, 1.54) is 19.2 Å². The summed E-state index contributed by atoms with van der Waals surface area (Å²) in [4.78, 5) is 27.5. The summed E-state index contributed by atoms with van der Waals surface area (Å²) in [7, 11) is 3.25. The van der Waals surface area contributed by atoms with Crippen LogP contribution in [0.25, 0.3) is 11.3 Å². The molecule has 7 nitrogen and oxygen atoms in total. The number of aryl methyl sites for hydroxylation is 1. The zero-order valence-electron chi connectivity index (χ0n) is 20.0. The number of methoxy groups -OCH3 is 1. The number of H-pyrrole nitrogens is 1. The molecule has 0 radical (unpaired) electrons. The monoisotopic (exact) mass is 466 g/mol. The number of nitrogens with one attached hydrogen (secondary N) is 2. The summed E-state index contributed by atoms with van der Waals surface area (Å²) in [6.45, 7) is 4.33. The van der Waals surface area contributed by atoms with Crippen molar-refractivity contribution in [2.45, 2.75) is 32.7 Å². The third-order valence-corrected chi connectivity index (χ3v) is 5.66. The number of halogens is 1. The zero-order chi connectivity index (χ0) is 24.7. The number of aromatic amines is 1. The largest absolute Gasteiger partial charge is 0.496 e. The third-order valence-electron chi connectivity index (χ3n) is 5.66. The molecule has 0 saturated heterocycles. The Kier molecular flexibility index (Phi) is 8.40. The van der Waals surface area contributed by atoms with Gasteiger partial charge >= 0.3 is 0 Å². The van der Waals surface area contributed by atoms with Crippen molar-refractivity contribution in [3.05, 3.63) is 71.7 Å². The molecule has 0 aliphatic carbocycles. The molecule has 0 aliphatic heterocycles. The van der Waals surface area contributed by atoms with Crippen LogP contribution in [-0.2, 0) is 11.2 Å². The molecule has 1 atom stereocenters. The standard InChI is InChI=1S/C26H31FN4O3/c1-17(2)24(28-25(32)21-9-5-6-10-23(21)34-4)26(33)31(3)15-7-8-20-16-22(30-29-20)18-11-13-19(27)14-12-18/h5-6,9-14,16-17,24H,7-8,15H2,1-4H3,(H,28,32)(H,29,30). The highest BCUT2D eigenvalue weighted by molar-refractivity contribution is 5.99. The molecule has 2 N–H and O–H groups in total. The number of hydrogen-bond acceptors (Lipinski definition) is 4.